The lowest BCUT2D eigenvalue weighted by atomic mass is 10.2. The molecule has 1 aliphatic rings. The van der Waals surface area contributed by atoms with E-state index in [4.69, 9.17) is 5.10 Å². The van der Waals surface area contributed by atoms with Gasteiger partial charge in [-0.05, 0) is 25.0 Å². The van der Waals surface area contributed by atoms with Crippen LogP contribution < -0.4 is 10.6 Å². The Bertz CT molecular complexity index is 882. The Morgan fingerprint density at radius 1 is 1.19 bits per heavy atom. The average molecular weight is 365 g/mol. The first-order valence-corrected chi connectivity index (χ1v) is 9.87. The van der Waals surface area contributed by atoms with Crippen molar-refractivity contribution in [3.63, 3.8) is 0 Å². The van der Waals surface area contributed by atoms with E-state index in [-0.39, 0.29) is 5.92 Å². The zero-order chi connectivity index (χ0) is 18.6. The van der Waals surface area contributed by atoms with Crippen molar-refractivity contribution in [2.75, 3.05) is 17.2 Å². The summed E-state index contributed by atoms with van der Waals surface area (Å²) >= 11 is 0. The standard InChI is InChI=1S/C20H27N7/c1-14(2)19-24-25-20-17(22-12-10-15-7-5-6-11-21-15)13-18(26-27(19)20)23-16-8-3-4-9-16/h5-7,11,13-14,16,22H,3-4,8-10,12H2,1-2H3,(H,23,26). The molecule has 2 N–H and O–H groups in total. The van der Waals surface area contributed by atoms with Gasteiger partial charge in [0.25, 0.3) is 0 Å². The van der Waals surface area contributed by atoms with Crippen LogP contribution in [0.4, 0.5) is 11.5 Å². The fourth-order valence-electron chi connectivity index (χ4n) is 3.61. The first-order chi connectivity index (χ1) is 13.2. The summed E-state index contributed by atoms with van der Waals surface area (Å²) in [6.45, 7) is 5.01. The van der Waals surface area contributed by atoms with Crippen molar-refractivity contribution in [1.82, 2.24) is 24.8 Å². The highest BCUT2D eigenvalue weighted by molar-refractivity contribution is 5.70. The van der Waals surface area contributed by atoms with Crippen molar-refractivity contribution in [2.24, 2.45) is 0 Å². The number of hydrogen-bond acceptors (Lipinski definition) is 6. The second-order valence-electron chi connectivity index (χ2n) is 7.52. The molecular weight excluding hydrogens is 338 g/mol. The third-order valence-corrected chi connectivity index (χ3v) is 5.04. The summed E-state index contributed by atoms with van der Waals surface area (Å²) in [6.07, 6.45) is 7.68. The van der Waals surface area contributed by atoms with Crippen molar-refractivity contribution in [3.05, 3.63) is 42.0 Å². The summed E-state index contributed by atoms with van der Waals surface area (Å²) < 4.78 is 1.88. The predicted octanol–water partition coefficient (Wildman–Crippen LogP) is 3.65. The van der Waals surface area contributed by atoms with Crippen LogP contribution in [0.1, 0.15) is 57.0 Å². The van der Waals surface area contributed by atoms with E-state index in [0.717, 1.165) is 41.6 Å². The van der Waals surface area contributed by atoms with Crippen LogP contribution in [0.25, 0.3) is 5.65 Å². The molecule has 0 aliphatic heterocycles. The zero-order valence-electron chi connectivity index (χ0n) is 16.0. The Morgan fingerprint density at radius 3 is 2.78 bits per heavy atom. The van der Waals surface area contributed by atoms with Gasteiger partial charge in [-0.15, -0.1) is 15.3 Å². The van der Waals surface area contributed by atoms with Crippen LogP contribution in [0.15, 0.2) is 30.5 Å². The van der Waals surface area contributed by atoms with Crippen molar-refractivity contribution in [2.45, 2.75) is 57.9 Å². The molecular formula is C20H27N7. The molecule has 1 aliphatic carbocycles. The number of nitrogens with one attached hydrogen (secondary N) is 2. The summed E-state index contributed by atoms with van der Waals surface area (Å²) in [5.74, 6) is 2.03. The van der Waals surface area contributed by atoms with Crippen LogP contribution >= 0.6 is 0 Å². The number of hydrogen-bond donors (Lipinski definition) is 2. The summed E-state index contributed by atoms with van der Waals surface area (Å²) in [7, 11) is 0. The van der Waals surface area contributed by atoms with Gasteiger partial charge in [0.1, 0.15) is 5.82 Å². The van der Waals surface area contributed by atoms with Gasteiger partial charge in [0.05, 0.1) is 5.69 Å². The molecule has 0 bridgehead atoms. The van der Waals surface area contributed by atoms with Gasteiger partial charge in [0.2, 0.25) is 5.65 Å². The van der Waals surface area contributed by atoms with E-state index in [2.05, 4.69) is 45.7 Å². The molecule has 7 heteroatoms. The van der Waals surface area contributed by atoms with Gasteiger partial charge in [0, 0.05) is 42.9 Å². The van der Waals surface area contributed by atoms with E-state index < -0.39 is 0 Å². The molecule has 3 aromatic rings. The fraction of sp³-hybridized carbons (Fsp3) is 0.500. The topological polar surface area (TPSA) is 80.0 Å². The number of nitrogens with zero attached hydrogens (tertiary/aromatic N) is 5. The molecule has 0 aromatic carbocycles. The Morgan fingerprint density at radius 2 is 2.04 bits per heavy atom. The largest absolute Gasteiger partial charge is 0.381 e. The van der Waals surface area contributed by atoms with E-state index in [1.54, 1.807) is 0 Å². The van der Waals surface area contributed by atoms with Crippen LogP contribution in [-0.4, -0.2) is 37.4 Å². The Kier molecular flexibility index (Phi) is 5.18. The third kappa shape index (κ3) is 4.02. The first kappa shape index (κ1) is 17.7. The van der Waals surface area contributed by atoms with Crippen LogP contribution in [0.3, 0.4) is 0 Å². The van der Waals surface area contributed by atoms with Crippen LogP contribution in [0.5, 0.6) is 0 Å². The molecule has 3 aromatic heterocycles. The summed E-state index contributed by atoms with van der Waals surface area (Å²) in [5.41, 5.74) is 2.81. The highest BCUT2D eigenvalue weighted by Gasteiger charge is 2.19. The highest BCUT2D eigenvalue weighted by atomic mass is 15.4. The lowest BCUT2D eigenvalue weighted by Crippen LogP contribution is -2.18. The molecule has 0 spiro atoms. The van der Waals surface area contributed by atoms with E-state index in [1.165, 1.54) is 25.7 Å². The van der Waals surface area contributed by atoms with Gasteiger partial charge >= 0.3 is 0 Å². The minimum Gasteiger partial charge on any atom is -0.381 e. The van der Waals surface area contributed by atoms with Gasteiger partial charge in [0.15, 0.2) is 5.82 Å². The van der Waals surface area contributed by atoms with Gasteiger partial charge in [-0.3, -0.25) is 4.98 Å². The summed E-state index contributed by atoms with van der Waals surface area (Å²) in [5, 5.41) is 20.6. The molecule has 0 radical (unpaired) electrons. The Hall–Kier alpha value is -2.70. The molecule has 142 valence electrons. The SMILES string of the molecule is CC(C)c1nnc2c(NCCc3ccccn3)cc(NC3CCCC3)nn12. The predicted molar refractivity (Wildman–Crippen MR) is 107 cm³/mol. The average Bonchev–Trinajstić information content (AvgIpc) is 3.32. The van der Waals surface area contributed by atoms with Gasteiger partial charge in [-0.25, -0.2) is 0 Å². The smallest absolute Gasteiger partial charge is 0.201 e. The molecule has 7 nitrogen and oxygen atoms in total. The third-order valence-electron chi connectivity index (χ3n) is 5.04. The zero-order valence-corrected chi connectivity index (χ0v) is 16.0. The number of fused-ring (bicyclic) bond motifs is 1. The van der Waals surface area contributed by atoms with Crippen LogP contribution in [-0.2, 0) is 6.42 Å². The molecule has 0 unspecified atom stereocenters. The van der Waals surface area contributed by atoms with Crippen LogP contribution in [0, 0.1) is 0 Å². The molecule has 0 amide bonds. The fourth-order valence-corrected chi connectivity index (χ4v) is 3.61. The molecule has 27 heavy (non-hydrogen) atoms. The van der Waals surface area contributed by atoms with Gasteiger partial charge in [-0.2, -0.15) is 4.52 Å². The van der Waals surface area contributed by atoms with Crippen molar-refractivity contribution >= 4 is 17.2 Å². The maximum Gasteiger partial charge on any atom is 0.201 e. The normalized spacial score (nSPS) is 14.9. The van der Waals surface area contributed by atoms with Crippen molar-refractivity contribution in [1.29, 1.82) is 0 Å². The number of rotatable bonds is 7. The second kappa shape index (κ2) is 7.90. The van der Waals surface area contributed by atoms with Crippen molar-refractivity contribution in [3.8, 4) is 0 Å². The Balaban J connectivity index is 1.58. The quantitative estimate of drug-likeness (QED) is 0.665. The maximum absolute atomic E-state index is 4.78. The number of pyridine rings is 1. The Labute approximate surface area is 159 Å². The van der Waals surface area contributed by atoms with Crippen molar-refractivity contribution < 1.29 is 0 Å². The molecule has 4 rings (SSSR count). The maximum atomic E-state index is 4.78. The molecule has 1 saturated carbocycles. The van der Waals surface area contributed by atoms with Gasteiger partial charge in [-0.1, -0.05) is 32.8 Å². The first-order valence-electron chi connectivity index (χ1n) is 9.87. The van der Waals surface area contributed by atoms with Gasteiger partial charge < -0.3 is 10.6 Å². The molecule has 0 saturated heterocycles. The highest BCUT2D eigenvalue weighted by Crippen LogP contribution is 2.25. The van der Waals surface area contributed by atoms with E-state index in [0.29, 0.717) is 6.04 Å². The lowest BCUT2D eigenvalue weighted by Gasteiger charge is -2.15. The molecule has 3 heterocycles. The number of aromatic nitrogens is 5. The van der Waals surface area contributed by atoms with E-state index in [1.807, 2.05) is 28.9 Å². The molecule has 0 atom stereocenters. The molecule has 1 fully saturated rings. The second-order valence-corrected chi connectivity index (χ2v) is 7.52. The number of anilines is 2. The summed E-state index contributed by atoms with van der Waals surface area (Å²) in [6, 6.07) is 8.57. The van der Waals surface area contributed by atoms with E-state index in [9.17, 15) is 0 Å². The summed E-state index contributed by atoms with van der Waals surface area (Å²) in [4.78, 5) is 4.39. The van der Waals surface area contributed by atoms with E-state index >= 15 is 0 Å². The minimum atomic E-state index is 0.260. The van der Waals surface area contributed by atoms with Crippen LogP contribution in [0.2, 0.25) is 0 Å². The monoisotopic (exact) mass is 365 g/mol. The minimum absolute atomic E-state index is 0.260. The lowest BCUT2D eigenvalue weighted by molar-refractivity contribution is 0.709.